The maximum atomic E-state index is 13.5. The van der Waals surface area contributed by atoms with E-state index in [1.807, 2.05) is 0 Å². The zero-order valence-corrected chi connectivity index (χ0v) is 19.3. The number of benzene rings is 2. The average Bonchev–Trinajstić information content (AvgIpc) is 3.52. The summed E-state index contributed by atoms with van der Waals surface area (Å²) in [5.41, 5.74) is 1.15. The van der Waals surface area contributed by atoms with Gasteiger partial charge in [-0.2, -0.15) is 18.3 Å². The molecule has 0 unspecified atom stereocenters. The molecule has 2 aromatic carbocycles. The minimum Gasteiger partial charge on any atom is -0.347 e. The molecule has 0 radical (unpaired) electrons. The molecule has 2 amide bonds. The molecule has 12 heteroatoms. The second-order valence-corrected chi connectivity index (χ2v) is 9.19. The summed E-state index contributed by atoms with van der Waals surface area (Å²) >= 11 is 6.61. The van der Waals surface area contributed by atoms with E-state index < -0.39 is 17.6 Å². The van der Waals surface area contributed by atoms with Crippen LogP contribution in [-0.2, 0) is 24.1 Å². The number of alkyl halides is 3. The lowest BCUT2D eigenvalue weighted by Crippen LogP contribution is -2.27. The summed E-state index contributed by atoms with van der Waals surface area (Å²) in [5.74, 6) is -0.409. The molecule has 1 fully saturated rings. The van der Waals surface area contributed by atoms with Crippen molar-refractivity contribution in [2.75, 3.05) is 0 Å². The van der Waals surface area contributed by atoms with Crippen molar-refractivity contribution in [1.82, 2.24) is 24.6 Å². The van der Waals surface area contributed by atoms with E-state index in [9.17, 15) is 22.8 Å². The van der Waals surface area contributed by atoms with Gasteiger partial charge in [-0.15, -0.1) is 0 Å². The third kappa shape index (κ3) is 4.69. The number of nitrogens with zero attached hydrogens (tertiary/aromatic N) is 4. The first kappa shape index (κ1) is 23.2. The highest BCUT2D eigenvalue weighted by molar-refractivity contribution is 8.18. The third-order valence-corrected chi connectivity index (χ3v) is 6.56. The van der Waals surface area contributed by atoms with E-state index in [0.717, 1.165) is 22.7 Å². The van der Waals surface area contributed by atoms with Crippen LogP contribution in [0, 0.1) is 0 Å². The number of halogens is 4. The Kier molecular flexibility index (Phi) is 5.89. The molecule has 0 spiro atoms. The van der Waals surface area contributed by atoms with E-state index in [0.29, 0.717) is 22.2 Å². The van der Waals surface area contributed by atoms with Crippen molar-refractivity contribution < 1.29 is 22.8 Å². The Bertz CT molecular complexity index is 1480. The molecule has 5 rings (SSSR count). The zero-order valence-electron chi connectivity index (χ0n) is 17.7. The number of H-pyrrole nitrogens is 1. The van der Waals surface area contributed by atoms with Crippen molar-refractivity contribution in [3.05, 3.63) is 87.4 Å². The van der Waals surface area contributed by atoms with Crippen LogP contribution in [0.2, 0.25) is 5.02 Å². The van der Waals surface area contributed by atoms with Crippen LogP contribution in [-0.4, -0.2) is 35.8 Å². The fraction of sp³-hybridized carbons (Fsp3) is 0.130. The Morgan fingerprint density at radius 3 is 2.66 bits per heavy atom. The normalized spacial score (nSPS) is 15.7. The van der Waals surface area contributed by atoms with Gasteiger partial charge in [0, 0.05) is 16.6 Å². The number of rotatable bonds is 5. The highest BCUT2D eigenvalue weighted by Gasteiger charge is 2.35. The summed E-state index contributed by atoms with van der Waals surface area (Å²) in [6, 6.07) is 8.85. The number of hydrogen-bond donors (Lipinski definition) is 1. The lowest BCUT2D eigenvalue weighted by molar-refractivity contribution is -0.138. The molecular weight excluding hydrogens is 503 g/mol. The Labute approximate surface area is 205 Å². The molecule has 0 aliphatic carbocycles. The van der Waals surface area contributed by atoms with Crippen LogP contribution in [0.3, 0.4) is 0 Å². The van der Waals surface area contributed by atoms with Gasteiger partial charge in [0.15, 0.2) is 0 Å². The van der Waals surface area contributed by atoms with E-state index in [1.54, 1.807) is 36.7 Å². The average molecular weight is 518 g/mol. The summed E-state index contributed by atoms with van der Waals surface area (Å²) in [5, 5.41) is 4.54. The van der Waals surface area contributed by atoms with Gasteiger partial charge in [0.1, 0.15) is 0 Å². The molecule has 178 valence electrons. The highest BCUT2D eigenvalue weighted by Crippen LogP contribution is 2.35. The largest absolute Gasteiger partial charge is 0.416 e. The van der Waals surface area contributed by atoms with Gasteiger partial charge in [0.2, 0.25) is 0 Å². The molecule has 4 aromatic rings. The van der Waals surface area contributed by atoms with Gasteiger partial charge >= 0.3 is 6.18 Å². The van der Waals surface area contributed by atoms with Crippen LogP contribution in [0.25, 0.3) is 17.0 Å². The molecule has 2 aromatic heterocycles. The number of nitrogens with one attached hydrogen (secondary N) is 1. The highest BCUT2D eigenvalue weighted by atomic mass is 35.5. The molecule has 1 aliphatic rings. The van der Waals surface area contributed by atoms with Crippen molar-refractivity contribution in [3.63, 3.8) is 0 Å². The molecule has 0 saturated carbocycles. The first-order chi connectivity index (χ1) is 16.7. The summed E-state index contributed by atoms with van der Waals surface area (Å²) in [7, 11) is 0. The number of thioether (sulfide) groups is 1. The lowest BCUT2D eigenvalue weighted by atomic mass is 10.1. The monoisotopic (exact) mass is 517 g/mol. The van der Waals surface area contributed by atoms with Crippen LogP contribution in [0.15, 0.2) is 60.0 Å². The molecule has 3 heterocycles. The van der Waals surface area contributed by atoms with Gasteiger partial charge in [-0.25, -0.2) is 4.98 Å². The number of hydrogen-bond acceptors (Lipinski definition) is 5. The maximum Gasteiger partial charge on any atom is 0.416 e. The predicted molar refractivity (Wildman–Crippen MR) is 125 cm³/mol. The third-order valence-electron chi connectivity index (χ3n) is 5.42. The molecule has 1 saturated heterocycles. The molecular formula is C23H15ClF3N5O2S. The van der Waals surface area contributed by atoms with Crippen LogP contribution in [0.5, 0.6) is 0 Å². The molecule has 35 heavy (non-hydrogen) atoms. The quantitative estimate of drug-likeness (QED) is 0.342. The Morgan fingerprint density at radius 2 is 1.91 bits per heavy atom. The molecule has 1 aliphatic heterocycles. The minimum atomic E-state index is -4.54. The first-order valence-corrected chi connectivity index (χ1v) is 11.4. The second-order valence-electron chi connectivity index (χ2n) is 7.76. The first-order valence-electron chi connectivity index (χ1n) is 10.2. The van der Waals surface area contributed by atoms with Crippen LogP contribution < -0.4 is 0 Å². The van der Waals surface area contributed by atoms with Crippen molar-refractivity contribution in [2.24, 2.45) is 0 Å². The maximum absolute atomic E-state index is 13.5. The number of fused-ring (bicyclic) bond motifs is 1. The van der Waals surface area contributed by atoms with Gasteiger partial charge < -0.3 is 4.98 Å². The fourth-order valence-corrected chi connectivity index (χ4v) is 4.77. The SMILES string of the molecule is O=C1S/C(=C\c2ccc3c(cnn3Cc3ccc(Cl)cc3C(F)(F)F)c2)C(=O)N1Cc1cnc[nH]1. The van der Waals surface area contributed by atoms with Crippen molar-refractivity contribution >= 4 is 51.5 Å². The lowest BCUT2D eigenvalue weighted by Gasteiger charge is -2.14. The molecule has 0 atom stereocenters. The Hall–Kier alpha value is -3.57. The van der Waals surface area contributed by atoms with Gasteiger partial charge in [0.25, 0.3) is 11.1 Å². The molecule has 7 nitrogen and oxygen atoms in total. The van der Waals surface area contributed by atoms with E-state index in [-0.39, 0.29) is 33.8 Å². The van der Waals surface area contributed by atoms with Gasteiger partial charge in [0.05, 0.1) is 47.3 Å². The number of aromatic amines is 1. The number of aromatic nitrogens is 4. The topological polar surface area (TPSA) is 83.9 Å². The van der Waals surface area contributed by atoms with Crippen molar-refractivity contribution in [1.29, 1.82) is 0 Å². The fourth-order valence-electron chi connectivity index (χ4n) is 3.76. The Morgan fingerprint density at radius 1 is 1.09 bits per heavy atom. The molecule has 1 N–H and O–H groups in total. The van der Waals surface area contributed by atoms with Crippen LogP contribution in [0.4, 0.5) is 18.0 Å². The summed E-state index contributed by atoms with van der Waals surface area (Å²) in [4.78, 5) is 33.2. The Balaban J connectivity index is 1.40. The summed E-state index contributed by atoms with van der Waals surface area (Å²) in [6.07, 6.45) is 1.61. The second kappa shape index (κ2) is 8.90. The summed E-state index contributed by atoms with van der Waals surface area (Å²) in [6.45, 7) is -0.000225. The van der Waals surface area contributed by atoms with Gasteiger partial charge in [-0.1, -0.05) is 23.7 Å². The number of carbonyl (C=O) groups is 2. The number of carbonyl (C=O) groups excluding carboxylic acids is 2. The smallest absolute Gasteiger partial charge is 0.347 e. The van der Waals surface area contributed by atoms with Gasteiger partial charge in [-0.05, 0) is 53.2 Å². The minimum absolute atomic E-state index is 0.00465. The number of imide groups is 1. The molecule has 0 bridgehead atoms. The van der Waals surface area contributed by atoms with E-state index in [4.69, 9.17) is 11.6 Å². The van der Waals surface area contributed by atoms with E-state index >= 15 is 0 Å². The van der Waals surface area contributed by atoms with Crippen LogP contribution in [0.1, 0.15) is 22.4 Å². The van der Waals surface area contributed by atoms with Gasteiger partial charge in [-0.3, -0.25) is 19.2 Å². The van der Waals surface area contributed by atoms with E-state index in [2.05, 4.69) is 15.1 Å². The number of imidazole rings is 1. The van der Waals surface area contributed by atoms with Crippen LogP contribution >= 0.6 is 23.4 Å². The van der Waals surface area contributed by atoms with Crippen molar-refractivity contribution in [3.8, 4) is 0 Å². The van der Waals surface area contributed by atoms with Crippen molar-refractivity contribution in [2.45, 2.75) is 19.3 Å². The summed E-state index contributed by atoms with van der Waals surface area (Å²) < 4.78 is 41.8. The standard InChI is InChI=1S/C23H15ClF3N5O2S/c24-16-3-2-14(18(7-16)23(25,26)27)10-32-19-4-1-13(5-15(19)8-30-32)6-20-21(33)31(22(34)35-20)11-17-9-28-12-29-17/h1-9,12H,10-11H2,(H,28,29)/b20-6-. The zero-order chi connectivity index (χ0) is 24.7. The number of amides is 2. The van der Waals surface area contributed by atoms with E-state index in [1.165, 1.54) is 23.1 Å². The predicted octanol–water partition coefficient (Wildman–Crippen LogP) is 5.72.